The van der Waals surface area contributed by atoms with Gasteiger partial charge in [-0.05, 0) is 61.1 Å². The van der Waals surface area contributed by atoms with Gasteiger partial charge in [0.15, 0.2) is 5.17 Å². The minimum absolute atomic E-state index is 0.000885. The van der Waals surface area contributed by atoms with Gasteiger partial charge in [-0.25, -0.2) is 12.7 Å². The van der Waals surface area contributed by atoms with E-state index in [1.807, 2.05) is 12.1 Å². The van der Waals surface area contributed by atoms with Crippen molar-refractivity contribution in [1.29, 1.82) is 0 Å². The maximum Gasteiger partial charge on any atom is 0.284 e. The van der Waals surface area contributed by atoms with E-state index in [9.17, 15) is 16.8 Å². The van der Waals surface area contributed by atoms with E-state index >= 15 is 0 Å². The van der Waals surface area contributed by atoms with Crippen LogP contribution in [0.2, 0.25) is 0 Å². The van der Waals surface area contributed by atoms with Crippen molar-refractivity contribution in [2.45, 2.75) is 75.0 Å². The van der Waals surface area contributed by atoms with Gasteiger partial charge in [0.2, 0.25) is 0 Å². The number of benzene rings is 2. The Morgan fingerprint density at radius 1 is 0.765 bits per heavy atom. The highest BCUT2D eigenvalue weighted by Crippen LogP contribution is 2.28. The molecular weight excluding hydrogens is 488 g/mol. The van der Waals surface area contributed by atoms with Crippen LogP contribution in [0.1, 0.15) is 63.5 Å². The Kier molecular flexibility index (Phi) is 9.62. The van der Waals surface area contributed by atoms with Crippen molar-refractivity contribution < 1.29 is 16.8 Å². The van der Waals surface area contributed by atoms with E-state index in [-0.39, 0.29) is 21.5 Å². The quantitative estimate of drug-likeness (QED) is 0.337. The second-order valence-corrected chi connectivity index (χ2v) is 13.0. The van der Waals surface area contributed by atoms with Gasteiger partial charge in [0.1, 0.15) is 0 Å². The first-order valence-electron chi connectivity index (χ1n) is 12.0. The molecule has 0 N–H and O–H groups in total. The zero-order valence-electron chi connectivity index (χ0n) is 19.9. The van der Waals surface area contributed by atoms with Crippen molar-refractivity contribution in [3.63, 3.8) is 0 Å². The van der Waals surface area contributed by atoms with Crippen LogP contribution in [0, 0.1) is 0 Å². The van der Waals surface area contributed by atoms with E-state index in [1.165, 1.54) is 0 Å². The molecule has 0 aliphatic carbocycles. The summed E-state index contributed by atoms with van der Waals surface area (Å²) in [6, 6.07) is 13.6. The normalized spacial score (nSPS) is 15.8. The summed E-state index contributed by atoms with van der Waals surface area (Å²) in [5, 5.41) is -0.000885. The molecule has 0 spiro atoms. The highest BCUT2D eigenvalue weighted by atomic mass is 32.2. The monoisotopic (exact) mass is 522 g/mol. The smallest absolute Gasteiger partial charge is 0.243 e. The molecule has 1 saturated heterocycles. The van der Waals surface area contributed by atoms with Gasteiger partial charge < -0.3 is 0 Å². The van der Waals surface area contributed by atoms with Gasteiger partial charge in [0, 0.05) is 12.3 Å². The summed E-state index contributed by atoms with van der Waals surface area (Å²) >= 11 is 1.14. The number of thioether (sulfide) groups is 1. The molecule has 1 aliphatic rings. The summed E-state index contributed by atoms with van der Waals surface area (Å²) in [7, 11) is -7.91. The lowest BCUT2D eigenvalue weighted by molar-refractivity contribution is 0.539. The van der Waals surface area contributed by atoms with Crippen LogP contribution in [0.25, 0.3) is 0 Å². The predicted octanol–water partition coefficient (Wildman–Crippen LogP) is 5.63. The molecule has 3 rings (SSSR count). The van der Waals surface area contributed by atoms with Crippen molar-refractivity contribution in [3.8, 4) is 0 Å². The lowest BCUT2D eigenvalue weighted by Crippen LogP contribution is -2.32. The number of hydrogen-bond donors (Lipinski definition) is 0. The van der Waals surface area contributed by atoms with Crippen LogP contribution in [0.15, 0.2) is 62.7 Å². The molecule has 0 aromatic heterocycles. The number of hydrogen-bond acceptors (Lipinski definition) is 5. The molecule has 1 fully saturated rings. The Labute approximate surface area is 209 Å². The fourth-order valence-corrected chi connectivity index (χ4v) is 7.80. The van der Waals surface area contributed by atoms with Gasteiger partial charge in [-0.3, -0.25) is 0 Å². The molecule has 0 radical (unpaired) electrons. The van der Waals surface area contributed by atoms with Gasteiger partial charge in [-0.1, -0.05) is 75.6 Å². The highest BCUT2D eigenvalue weighted by molar-refractivity contribution is 8.16. The molecule has 0 amide bonds. The van der Waals surface area contributed by atoms with Crippen LogP contribution >= 0.6 is 11.8 Å². The Bertz CT molecular complexity index is 1170. The van der Waals surface area contributed by atoms with E-state index in [0.717, 1.165) is 78.6 Å². The fraction of sp³-hybridized carbons (Fsp3) is 0.480. The summed E-state index contributed by atoms with van der Waals surface area (Å²) in [6.45, 7) is 4.48. The minimum Gasteiger partial charge on any atom is -0.243 e. The maximum absolute atomic E-state index is 13.2. The van der Waals surface area contributed by atoms with E-state index < -0.39 is 20.0 Å². The zero-order chi connectivity index (χ0) is 24.6. The number of sulfonamides is 2. The third-order valence-electron chi connectivity index (χ3n) is 5.81. The van der Waals surface area contributed by atoms with Crippen molar-refractivity contribution in [3.05, 3.63) is 59.7 Å². The van der Waals surface area contributed by atoms with Crippen LogP contribution in [-0.4, -0.2) is 38.6 Å². The van der Waals surface area contributed by atoms with Gasteiger partial charge in [-0.2, -0.15) is 8.42 Å². The first kappa shape index (κ1) is 26.8. The Morgan fingerprint density at radius 3 is 1.76 bits per heavy atom. The molecule has 2 aromatic carbocycles. The van der Waals surface area contributed by atoms with Gasteiger partial charge in [0.25, 0.3) is 20.0 Å². The Morgan fingerprint density at radius 2 is 1.26 bits per heavy atom. The highest BCUT2D eigenvalue weighted by Gasteiger charge is 2.33. The minimum atomic E-state index is -4.02. The number of unbranched alkanes of at least 4 members (excludes halogenated alkanes) is 4. The first-order valence-corrected chi connectivity index (χ1v) is 15.8. The third kappa shape index (κ3) is 6.86. The molecule has 2 aromatic rings. The molecule has 0 unspecified atom stereocenters. The summed E-state index contributed by atoms with van der Waals surface area (Å²) in [5.41, 5.74) is 2.18. The topological polar surface area (TPSA) is 83.9 Å². The number of nitrogens with zero attached hydrogens (tertiary/aromatic N) is 2. The lowest BCUT2D eigenvalue weighted by Gasteiger charge is -2.18. The third-order valence-corrected chi connectivity index (χ3v) is 10.1. The molecule has 34 heavy (non-hydrogen) atoms. The average molecular weight is 523 g/mol. The zero-order valence-corrected chi connectivity index (χ0v) is 22.4. The van der Waals surface area contributed by atoms with Gasteiger partial charge >= 0.3 is 0 Å². The largest absolute Gasteiger partial charge is 0.284 e. The molecule has 0 saturated carbocycles. The van der Waals surface area contributed by atoms with Gasteiger partial charge in [-0.15, -0.1) is 4.40 Å². The van der Waals surface area contributed by atoms with Crippen molar-refractivity contribution in [1.82, 2.24) is 4.31 Å². The first-order chi connectivity index (χ1) is 16.3. The van der Waals surface area contributed by atoms with Crippen LogP contribution in [0.5, 0.6) is 0 Å². The molecule has 9 heteroatoms. The molecule has 186 valence electrons. The average Bonchev–Trinajstić information content (AvgIpc) is 3.28. The maximum atomic E-state index is 13.2. The van der Waals surface area contributed by atoms with E-state index in [1.54, 1.807) is 36.4 Å². The second-order valence-electron chi connectivity index (χ2n) is 8.48. The Hall–Kier alpha value is -1.84. The predicted molar refractivity (Wildman–Crippen MR) is 140 cm³/mol. The van der Waals surface area contributed by atoms with Crippen LogP contribution < -0.4 is 0 Å². The van der Waals surface area contributed by atoms with Crippen LogP contribution in [0.4, 0.5) is 0 Å². The molecular formula is C25H34N2O4S3. The standard InChI is InChI=1S/C25H34N2O4S3/c1-3-5-7-9-21-11-15-23(16-12-21)33(28,29)26-25-27(19-20-32-25)34(30,31)24-17-13-22(14-18-24)10-8-6-4-2/h11-18H,3-10,19-20H2,1-2H3/b26-25-. The summed E-state index contributed by atoms with van der Waals surface area (Å²) in [4.78, 5) is 0.219. The molecule has 6 nitrogen and oxygen atoms in total. The van der Waals surface area contributed by atoms with Crippen molar-refractivity contribution in [2.24, 2.45) is 4.40 Å². The summed E-state index contributed by atoms with van der Waals surface area (Å²) < 4.78 is 57.4. The van der Waals surface area contributed by atoms with Crippen molar-refractivity contribution in [2.75, 3.05) is 12.3 Å². The van der Waals surface area contributed by atoms with E-state index in [4.69, 9.17) is 0 Å². The molecule has 1 aliphatic heterocycles. The summed E-state index contributed by atoms with van der Waals surface area (Å²) in [6.07, 6.45) is 8.49. The lowest BCUT2D eigenvalue weighted by atomic mass is 10.1. The van der Waals surface area contributed by atoms with Crippen LogP contribution in [-0.2, 0) is 32.9 Å². The number of rotatable bonds is 12. The summed E-state index contributed by atoms with van der Waals surface area (Å²) in [5.74, 6) is 0.457. The SMILES string of the molecule is CCCCCc1ccc(S(=O)(=O)/N=C2\SCCN2S(=O)(=O)c2ccc(CCCCC)cc2)cc1. The van der Waals surface area contributed by atoms with Gasteiger partial charge in [0.05, 0.1) is 9.79 Å². The van der Waals surface area contributed by atoms with E-state index in [0.29, 0.717) is 5.75 Å². The van der Waals surface area contributed by atoms with E-state index in [2.05, 4.69) is 18.2 Å². The fourth-order valence-electron chi connectivity index (χ4n) is 3.78. The van der Waals surface area contributed by atoms with Crippen molar-refractivity contribution >= 4 is 37.0 Å². The number of aryl methyl sites for hydroxylation is 2. The Balaban J connectivity index is 1.77. The molecule has 0 atom stereocenters. The molecule has 1 heterocycles. The number of amidine groups is 1. The molecule has 0 bridgehead atoms. The second kappa shape index (κ2) is 12.2. The van der Waals surface area contributed by atoms with Crippen LogP contribution in [0.3, 0.4) is 0 Å².